The number of hydrogen-bond acceptors (Lipinski definition) is 10. The van der Waals surface area contributed by atoms with E-state index in [4.69, 9.17) is 0 Å². The molecule has 380 valence electrons. The lowest BCUT2D eigenvalue weighted by Gasteiger charge is -2.32. The summed E-state index contributed by atoms with van der Waals surface area (Å²) in [6.07, 6.45) is 21.8. The van der Waals surface area contributed by atoms with Gasteiger partial charge in [0.15, 0.2) is 0 Å². The zero-order chi connectivity index (χ0) is 50.5. The Morgan fingerprint density at radius 2 is 0.958 bits per heavy atom. The summed E-state index contributed by atoms with van der Waals surface area (Å²) in [5, 5.41) is 33.1. The van der Waals surface area contributed by atoms with Crippen LogP contribution in [0, 0.1) is 23.7 Å². The number of urea groups is 2. The van der Waals surface area contributed by atoms with Gasteiger partial charge in [0.1, 0.15) is 12.1 Å². The molecule has 8 atom stereocenters. The van der Waals surface area contributed by atoms with Gasteiger partial charge in [-0.05, 0) is 99.2 Å². The number of carbonyl (C=O) groups is 4. The molecule has 6 amide bonds. The third kappa shape index (κ3) is 9.85. The summed E-state index contributed by atoms with van der Waals surface area (Å²) < 4.78 is 3.41. The molecule has 2 saturated heterocycles. The predicted octanol–water partition coefficient (Wildman–Crippen LogP) is 4.42. The number of aliphatic hydroxyl groups is 2. The minimum absolute atomic E-state index is 0.0744. The Labute approximate surface area is 418 Å². The molecule has 4 fully saturated rings. The first kappa shape index (κ1) is 50.0. The number of nitrogens with zero attached hydrogens (tertiary/aromatic N) is 6. The fourth-order valence-corrected chi connectivity index (χ4v) is 12.3. The number of nitrogens with one attached hydrogen (secondary N) is 4. The van der Waals surface area contributed by atoms with Gasteiger partial charge in [-0.2, -0.15) is 0 Å². The van der Waals surface area contributed by atoms with Crippen LogP contribution in [0.4, 0.5) is 9.59 Å². The Balaban J connectivity index is 0.000000178. The van der Waals surface area contributed by atoms with Crippen LogP contribution in [0.15, 0.2) is 95.1 Å². The third-order valence-electron chi connectivity index (χ3n) is 15.7. The highest BCUT2D eigenvalue weighted by atomic mass is 16.3. The van der Waals surface area contributed by atoms with Crippen molar-refractivity contribution >= 4 is 36.0 Å². The number of rotatable bonds is 12. The van der Waals surface area contributed by atoms with Gasteiger partial charge in [-0.15, -0.1) is 0 Å². The average molecular weight is 983 g/mol. The number of allylic oxidation sites excluding steroid dienone is 2. The quantitative estimate of drug-likeness (QED) is 0.117. The zero-order valence-electron chi connectivity index (χ0n) is 40.9. The lowest BCUT2D eigenvalue weighted by atomic mass is 9.88. The molecule has 2 aliphatic carbocycles. The van der Waals surface area contributed by atoms with Crippen LogP contribution in [-0.4, -0.2) is 100 Å². The minimum Gasteiger partial charge on any atom is -0.396 e. The molecule has 18 heteroatoms. The molecule has 10 rings (SSSR count). The Morgan fingerprint density at radius 1 is 0.583 bits per heavy atom. The maximum absolute atomic E-state index is 13.7. The molecule has 18 nitrogen and oxygen atoms in total. The maximum Gasteiger partial charge on any atom is 0.318 e. The number of likely N-dealkylation sites (tertiary alicyclic amines) is 2. The Hall–Kier alpha value is -6.92. The molecule has 4 aromatic rings. The van der Waals surface area contributed by atoms with E-state index in [0.717, 1.165) is 62.5 Å². The highest BCUT2D eigenvalue weighted by molar-refractivity contribution is 5.90. The number of amides is 6. The van der Waals surface area contributed by atoms with Gasteiger partial charge in [-0.25, -0.2) is 9.59 Å². The molecule has 2 saturated carbocycles. The highest BCUT2D eigenvalue weighted by Gasteiger charge is 2.59. The number of carbonyl (C=O) groups excluding carboxylic acids is 4. The fourth-order valence-electron chi connectivity index (χ4n) is 12.3. The van der Waals surface area contributed by atoms with Crippen LogP contribution in [0.1, 0.15) is 111 Å². The second-order valence-electron chi connectivity index (χ2n) is 19.9. The van der Waals surface area contributed by atoms with Crippen LogP contribution in [-0.2, 0) is 35.8 Å². The first-order valence-electron chi connectivity index (χ1n) is 25.5. The van der Waals surface area contributed by atoms with Crippen molar-refractivity contribution in [1.29, 1.82) is 0 Å². The zero-order valence-corrected chi connectivity index (χ0v) is 40.9. The second-order valence-corrected chi connectivity index (χ2v) is 19.9. The fraction of sp³-hybridized carbons (Fsp3) is 0.481. The van der Waals surface area contributed by atoms with Gasteiger partial charge in [0.2, 0.25) is 11.8 Å². The van der Waals surface area contributed by atoms with E-state index in [9.17, 15) is 39.0 Å². The van der Waals surface area contributed by atoms with Crippen molar-refractivity contribution in [3.05, 3.63) is 140 Å². The third-order valence-corrected chi connectivity index (χ3v) is 15.7. The number of aromatic nitrogens is 4. The molecule has 6 aliphatic rings. The monoisotopic (exact) mass is 983 g/mol. The van der Waals surface area contributed by atoms with Crippen molar-refractivity contribution in [3.63, 3.8) is 0 Å². The molecular weight excluding hydrogens is 917 g/mol. The Bertz CT molecular complexity index is 2600. The van der Waals surface area contributed by atoms with Crippen molar-refractivity contribution in [3.8, 4) is 0 Å². The standard InChI is InChI=1S/2C27H33N5O4/c2*1-2-5-18-8-9-22-23-20(15-31(22)26(18)35)21(16-33)24(25(34)29-14-17-10-12-28-13-11-17)32(23)27(36)30-19-6-3-4-7-19/h2*2,5,8-13,19-21,23-24,33H,3-4,6-7,14-16H2,1H3,(H,29,34)(H,30,36)/b5-2+;5-2-/t2*20-,21-,23+,24-/m00/s1. The molecule has 6 N–H and O–H groups in total. The van der Waals surface area contributed by atoms with Crippen LogP contribution in [0.3, 0.4) is 0 Å². The van der Waals surface area contributed by atoms with Gasteiger partial charge in [-0.1, -0.05) is 50.0 Å². The number of hydrogen-bond donors (Lipinski definition) is 6. The van der Waals surface area contributed by atoms with Crippen molar-refractivity contribution in [1.82, 2.24) is 50.2 Å². The van der Waals surface area contributed by atoms with E-state index in [1.165, 1.54) is 0 Å². The molecule has 0 aromatic carbocycles. The first-order valence-corrected chi connectivity index (χ1v) is 25.5. The van der Waals surface area contributed by atoms with Gasteiger partial charge in [0.05, 0.1) is 12.1 Å². The van der Waals surface area contributed by atoms with Crippen molar-refractivity contribution in [2.75, 3.05) is 13.2 Å². The van der Waals surface area contributed by atoms with E-state index >= 15 is 0 Å². The van der Waals surface area contributed by atoms with Gasteiger partial charge in [0, 0.05) is 122 Å². The van der Waals surface area contributed by atoms with Crippen LogP contribution in [0.25, 0.3) is 12.2 Å². The van der Waals surface area contributed by atoms with E-state index in [-0.39, 0.29) is 72.1 Å². The predicted molar refractivity (Wildman–Crippen MR) is 269 cm³/mol. The first-order chi connectivity index (χ1) is 35.1. The SMILES string of the molecule is C/C=C/c1ccc2n(c1=O)C[C@H]1[C@H](CO)[C@@H](C(=O)NCc3ccncc3)N(C(=O)NC3CCCC3)[C@@H]21.C/C=C\c1ccc2n(c1=O)C[C@H]1[C@H](CO)[C@@H](C(=O)NCc3ccncc3)N(C(=O)NC3CCCC3)[C@@H]21. The molecule has 4 aromatic heterocycles. The Kier molecular flexibility index (Phi) is 15.5. The largest absolute Gasteiger partial charge is 0.396 e. The summed E-state index contributed by atoms with van der Waals surface area (Å²) in [5.74, 6) is -2.08. The number of pyridine rings is 4. The van der Waals surface area contributed by atoms with Crippen LogP contribution in [0.2, 0.25) is 0 Å². The normalized spacial score (nSPS) is 25.2. The molecule has 0 spiro atoms. The molecule has 0 unspecified atom stereocenters. The lowest BCUT2D eigenvalue weighted by molar-refractivity contribution is -0.127. The van der Waals surface area contributed by atoms with E-state index in [0.29, 0.717) is 48.7 Å². The average Bonchev–Trinajstić information content (AvgIpc) is 4.27. The van der Waals surface area contributed by atoms with Gasteiger partial charge in [-0.3, -0.25) is 29.1 Å². The molecular formula is C54H66N10O8. The Morgan fingerprint density at radius 3 is 1.31 bits per heavy atom. The van der Waals surface area contributed by atoms with Gasteiger partial charge < -0.3 is 50.4 Å². The van der Waals surface area contributed by atoms with E-state index in [2.05, 4.69) is 31.2 Å². The number of fused-ring (bicyclic) bond motifs is 6. The molecule has 8 heterocycles. The molecule has 72 heavy (non-hydrogen) atoms. The summed E-state index contributed by atoms with van der Waals surface area (Å²) in [5.41, 5.74) is 4.13. The van der Waals surface area contributed by atoms with Gasteiger partial charge in [0.25, 0.3) is 11.1 Å². The topological polar surface area (TPSA) is 233 Å². The summed E-state index contributed by atoms with van der Waals surface area (Å²) >= 11 is 0. The summed E-state index contributed by atoms with van der Waals surface area (Å²) in [7, 11) is 0. The van der Waals surface area contributed by atoms with E-state index < -0.39 is 36.0 Å². The molecule has 0 bridgehead atoms. The second kappa shape index (κ2) is 22.2. The van der Waals surface area contributed by atoms with Crippen molar-refractivity contribution in [2.24, 2.45) is 23.7 Å². The van der Waals surface area contributed by atoms with Crippen molar-refractivity contribution < 1.29 is 29.4 Å². The molecule has 0 radical (unpaired) electrons. The molecule has 4 aliphatic heterocycles. The van der Waals surface area contributed by atoms with Crippen molar-refractivity contribution in [2.45, 2.75) is 128 Å². The van der Waals surface area contributed by atoms with Crippen LogP contribution >= 0.6 is 0 Å². The highest BCUT2D eigenvalue weighted by Crippen LogP contribution is 2.51. The maximum atomic E-state index is 13.7. The van der Waals surface area contributed by atoms with E-state index in [1.54, 1.807) is 68.0 Å². The van der Waals surface area contributed by atoms with Gasteiger partial charge >= 0.3 is 12.1 Å². The summed E-state index contributed by atoms with van der Waals surface area (Å²) in [4.78, 5) is 92.0. The summed E-state index contributed by atoms with van der Waals surface area (Å²) in [6, 6.07) is 11.5. The summed E-state index contributed by atoms with van der Waals surface area (Å²) in [6.45, 7) is 4.51. The van der Waals surface area contributed by atoms with Crippen LogP contribution in [0.5, 0.6) is 0 Å². The lowest BCUT2D eigenvalue weighted by Crippen LogP contribution is -2.54. The minimum atomic E-state index is -0.840. The van der Waals surface area contributed by atoms with E-state index in [1.807, 2.05) is 62.4 Å². The van der Waals surface area contributed by atoms with Crippen LogP contribution < -0.4 is 32.4 Å². The number of aliphatic hydroxyl groups excluding tert-OH is 2. The smallest absolute Gasteiger partial charge is 0.318 e.